The van der Waals surface area contributed by atoms with Gasteiger partial charge in [0.2, 0.25) is 0 Å². The Kier molecular flexibility index (Phi) is 5.12. The molecule has 1 aromatic heterocycles. The predicted molar refractivity (Wildman–Crippen MR) is 108 cm³/mol. The fourth-order valence-electron chi connectivity index (χ4n) is 3.23. The van der Waals surface area contributed by atoms with Crippen LogP contribution in [0.5, 0.6) is 5.75 Å². The van der Waals surface area contributed by atoms with Crippen molar-refractivity contribution in [1.82, 2.24) is 9.99 Å². The van der Waals surface area contributed by atoms with Gasteiger partial charge in [-0.25, -0.2) is 5.43 Å². The number of carbonyl (C=O) groups is 1. The molecule has 3 aromatic rings. The maximum Gasteiger partial charge on any atom is 0.275 e. The van der Waals surface area contributed by atoms with Crippen LogP contribution in [0.15, 0.2) is 53.6 Å². The Balaban J connectivity index is 1.83. The summed E-state index contributed by atoms with van der Waals surface area (Å²) in [7, 11) is 0. The van der Waals surface area contributed by atoms with E-state index in [0.717, 1.165) is 22.6 Å². The number of hydrazone groups is 1. The molecule has 0 atom stereocenters. The number of rotatable bonds is 4. The monoisotopic (exact) mass is 361 g/mol. The number of amides is 1. The van der Waals surface area contributed by atoms with Crippen LogP contribution < -0.4 is 5.43 Å². The van der Waals surface area contributed by atoms with Gasteiger partial charge in [-0.1, -0.05) is 29.8 Å². The van der Waals surface area contributed by atoms with E-state index in [9.17, 15) is 9.90 Å². The maximum atomic E-state index is 12.1. The van der Waals surface area contributed by atoms with Gasteiger partial charge in [-0.05, 0) is 57.5 Å². The van der Waals surface area contributed by atoms with Crippen LogP contribution in [-0.2, 0) is 0 Å². The highest BCUT2D eigenvalue weighted by Crippen LogP contribution is 2.23. The summed E-state index contributed by atoms with van der Waals surface area (Å²) in [4.78, 5) is 12.1. The fourth-order valence-corrected chi connectivity index (χ4v) is 3.23. The molecule has 0 saturated heterocycles. The van der Waals surface area contributed by atoms with E-state index < -0.39 is 5.91 Å². The zero-order valence-electron chi connectivity index (χ0n) is 15.9. The molecule has 0 radical (unpaired) electrons. The van der Waals surface area contributed by atoms with Crippen molar-refractivity contribution in [2.24, 2.45) is 5.10 Å². The van der Waals surface area contributed by atoms with E-state index in [1.54, 1.807) is 24.4 Å². The van der Waals surface area contributed by atoms with E-state index in [4.69, 9.17) is 0 Å². The van der Waals surface area contributed by atoms with Gasteiger partial charge in [0.15, 0.2) is 0 Å². The Morgan fingerprint density at radius 1 is 1.07 bits per heavy atom. The minimum atomic E-state index is -0.451. The van der Waals surface area contributed by atoms with E-state index in [2.05, 4.69) is 47.1 Å². The van der Waals surface area contributed by atoms with Gasteiger partial charge < -0.3 is 9.67 Å². The van der Waals surface area contributed by atoms with Crippen LogP contribution in [0.1, 0.15) is 38.4 Å². The summed E-state index contributed by atoms with van der Waals surface area (Å²) >= 11 is 0. The molecule has 138 valence electrons. The van der Waals surface area contributed by atoms with E-state index in [1.807, 2.05) is 19.9 Å². The first-order chi connectivity index (χ1) is 12.9. The number of hydrogen-bond donors (Lipinski definition) is 2. The summed E-state index contributed by atoms with van der Waals surface area (Å²) in [6, 6.07) is 14.8. The van der Waals surface area contributed by atoms with Crippen LogP contribution in [0.4, 0.5) is 0 Å². The van der Waals surface area contributed by atoms with Gasteiger partial charge in [-0.2, -0.15) is 5.10 Å². The van der Waals surface area contributed by atoms with Crippen molar-refractivity contribution in [1.29, 1.82) is 0 Å². The van der Waals surface area contributed by atoms with Gasteiger partial charge in [-0.15, -0.1) is 0 Å². The molecule has 1 amide bonds. The van der Waals surface area contributed by atoms with Crippen molar-refractivity contribution >= 4 is 12.1 Å². The first-order valence-electron chi connectivity index (χ1n) is 8.76. The Labute approximate surface area is 159 Å². The molecule has 27 heavy (non-hydrogen) atoms. The third kappa shape index (κ3) is 3.77. The molecular weight excluding hydrogens is 338 g/mol. The highest BCUT2D eigenvalue weighted by Gasteiger charge is 2.12. The van der Waals surface area contributed by atoms with Crippen LogP contribution in [-0.4, -0.2) is 21.8 Å². The minimum Gasteiger partial charge on any atom is -0.507 e. The van der Waals surface area contributed by atoms with E-state index in [1.165, 1.54) is 17.2 Å². The number of para-hydroxylation sites is 1. The standard InChI is InChI=1S/C22H23N3O2/c1-14-9-10-20(15(2)11-14)25-16(3)12-18(17(25)4)13-23-24-22(27)19-7-5-6-8-21(19)26/h5-13,26H,1-4H3,(H,24,27). The van der Waals surface area contributed by atoms with E-state index >= 15 is 0 Å². The highest BCUT2D eigenvalue weighted by molar-refractivity contribution is 5.97. The van der Waals surface area contributed by atoms with E-state index in [-0.39, 0.29) is 11.3 Å². The molecule has 0 bridgehead atoms. The van der Waals surface area contributed by atoms with Gasteiger partial charge in [0.25, 0.3) is 5.91 Å². The fraction of sp³-hybridized carbons (Fsp3) is 0.182. The average molecular weight is 361 g/mol. The number of phenolic OH excluding ortho intramolecular Hbond substituents is 1. The third-order valence-corrected chi connectivity index (χ3v) is 4.58. The number of nitrogens with zero attached hydrogens (tertiary/aromatic N) is 2. The highest BCUT2D eigenvalue weighted by atomic mass is 16.3. The number of nitrogens with one attached hydrogen (secondary N) is 1. The zero-order valence-corrected chi connectivity index (χ0v) is 15.9. The first-order valence-corrected chi connectivity index (χ1v) is 8.76. The van der Waals surface area contributed by atoms with Crippen molar-refractivity contribution in [3.8, 4) is 11.4 Å². The summed E-state index contributed by atoms with van der Waals surface area (Å²) < 4.78 is 2.18. The molecule has 5 nitrogen and oxygen atoms in total. The molecule has 0 spiro atoms. The zero-order chi connectivity index (χ0) is 19.6. The second-order valence-electron chi connectivity index (χ2n) is 6.67. The molecule has 0 unspecified atom stereocenters. The molecule has 2 N–H and O–H groups in total. The maximum absolute atomic E-state index is 12.1. The van der Waals surface area contributed by atoms with Crippen LogP contribution in [0.2, 0.25) is 0 Å². The van der Waals surface area contributed by atoms with E-state index in [0.29, 0.717) is 0 Å². The Morgan fingerprint density at radius 3 is 2.52 bits per heavy atom. The van der Waals surface area contributed by atoms with Crippen molar-refractivity contribution in [2.45, 2.75) is 27.7 Å². The minimum absolute atomic E-state index is 0.0711. The molecule has 0 fully saturated rings. The summed E-state index contributed by atoms with van der Waals surface area (Å²) in [5, 5.41) is 13.8. The van der Waals surface area contributed by atoms with Crippen LogP contribution in [0, 0.1) is 27.7 Å². The van der Waals surface area contributed by atoms with Crippen molar-refractivity contribution in [3.05, 3.63) is 82.2 Å². The number of phenols is 1. The lowest BCUT2D eigenvalue weighted by Gasteiger charge is -2.13. The Hall–Kier alpha value is -3.34. The van der Waals surface area contributed by atoms with Gasteiger partial charge in [-0.3, -0.25) is 4.79 Å². The molecule has 0 saturated carbocycles. The van der Waals surface area contributed by atoms with Crippen LogP contribution in [0.3, 0.4) is 0 Å². The first kappa shape index (κ1) is 18.5. The number of hydrogen-bond acceptors (Lipinski definition) is 3. The van der Waals surface area contributed by atoms with Crippen LogP contribution in [0.25, 0.3) is 5.69 Å². The lowest BCUT2D eigenvalue weighted by atomic mass is 10.1. The molecule has 5 heteroatoms. The molecule has 0 aliphatic carbocycles. The quantitative estimate of drug-likeness (QED) is 0.541. The number of aryl methyl sites for hydroxylation is 3. The molecule has 2 aromatic carbocycles. The lowest BCUT2D eigenvalue weighted by Crippen LogP contribution is -2.17. The van der Waals surface area contributed by atoms with Crippen molar-refractivity contribution in [2.75, 3.05) is 0 Å². The lowest BCUT2D eigenvalue weighted by molar-refractivity contribution is 0.0952. The number of aromatic nitrogens is 1. The molecule has 0 aliphatic rings. The van der Waals surface area contributed by atoms with Crippen LogP contribution >= 0.6 is 0 Å². The van der Waals surface area contributed by atoms with Gasteiger partial charge in [0.1, 0.15) is 5.75 Å². The Morgan fingerprint density at radius 2 is 1.81 bits per heavy atom. The SMILES string of the molecule is Cc1ccc(-n2c(C)cc(C=NNC(=O)c3ccccc3O)c2C)c(C)c1. The second kappa shape index (κ2) is 7.50. The number of carbonyl (C=O) groups excluding carboxylic acids is 1. The van der Waals surface area contributed by atoms with Crippen molar-refractivity contribution in [3.63, 3.8) is 0 Å². The largest absolute Gasteiger partial charge is 0.507 e. The smallest absolute Gasteiger partial charge is 0.275 e. The second-order valence-corrected chi connectivity index (χ2v) is 6.67. The van der Waals surface area contributed by atoms with Gasteiger partial charge in [0, 0.05) is 22.6 Å². The summed E-state index contributed by atoms with van der Waals surface area (Å²) in [5.41, 5.74) is 9.27. The summed E-state index contributed by atoms with van der Waals surface area (Å²) in [5.74, 6) is -0.522. The molecule has 0 aliphatic heterocycles. The molecule has 3 rings (SSSR count). The molecule has 1 heterocycles. The molecular formula is C22H23N3O2. The third-order valence-electron chi connectivity index (χ3n) is 4.58. The topological polar surface area (TPSA) is 66.6 Å². The average Bonchev–Trinajstić information content (AvgIpc) is 2.89. The van der Waals surface area contributed by atoms with Crippen molar-refractivity contribution < 1.29 is 9.90 Å². The number of benzene rings is 2. The Bertz CT molecular complexity index is 1030. The predicted octanol–water partition coefficient (Wildman–Crippen LogP) is 4.18. The van der Waals surface area contributed by atoms with Gasteiger partial charge in [0.05, 0.1) is 11.8 Å². The normalized spacial score (nSPS) is 11.1. The summed E-state index contributed by atoms with van der Waals surface area (Å²) in [6.07, 6.45) is 1.63. The van der Waals surface area contributed by atoms with Gasteiger partial charge >= 0.3 is 0 Å². The number of aromatic hydroxyl groups is 1. The summed E-state index contributed by atoms with van der Waals surface area (Å²) in [6.45, 7) is 8.25.